The van der Waals surface area contributed by atoms with E-state index in [1.165, 1.54) is 31.2 Å². The Morgan fingerprint density at radius 3 is 2.22 bits per heavy atom. The minimum atomic E-state index is -4.15. The molecular weight excluding hydrogens is 478 g/mol. The van der Waals surface area contributed by atoms with Gasteiger partial charge in [-0.2, -0.15) is 8.42 Å². The molecule has 0 spiro atoms. The van der Waals surface area contributed by atoms with Crippen LogP contribution in [0.1, 0.15) is 59.4 Å². The summed E-state index contributed by atoms with van der Waals surface area (Å²) >= 11 is 0. The standard InChI is InChI=1S/C27H37N3O5S/c1-6-29(7-2)24-11-8-21(18-30(23-12-13-23)27(32)16-19(3)4)26(17-24)35-36(33,34)25-14-9-22(10-15-25)28-20(5)31/h8-11,14-15,17,19,23H,6-7,12-13,16,18H2,1-5H3,(H,28,31). The molecule has 0 unspecified atom stereocenters. The summed E-state index contributed by atoms with van der Waals surface area (Å²) in [6.45, 7) is 11.3. The number of benzene rings is 2. The van der Waals surface area contributed by atoms with Crippen LogP contribution in [0.2, 0.25) is 0 Å². The van der Waals surface area contributed by atoms with Crippen molar-refractivity contribution in [2.24, 2.45) is 5.92 Å². The van der Waals surface area contributed by atoms with Gasteiger partial charge in [-0.15, -0.1) is 0 Å². The van der Waals surface area contributed by atoms with Crippen molar-refractivity contribution < 1.29 is 22.2 Å². The van der Waals surface area contributed by atoms with Crippen LogP contribution in [-0.4, -0.2) is 44.3 Å². The predicted molar refractivity (Wildman–Crippen MR) is 142 cm³/mol. The van der Waals surface area contributed by atoms with Crippen molar-refractivity contribution in [3.63, 3.8) is 0 Å². The van der Waals surface area contributed by atoms with E-state index in [-0.39, 0.29) is 34.4 Å². The first-order valence-corrected chi connectivity index (χ1v) is 13.9. The number of amides is 2. The van der Waals surface area contributed by atoms with Gasteiger partial charge in [-0.25, -0.2) is 0 Å². The van der Waals surface area contributed by atoms with Gasteiger partial charge in [0.15, 0.2) is 0 Å². The van der Waals surface area contributed by atoms with Crippen LogP contribution < -0.4 is 14.4 Å². The molecule has 0 radical (unpaired) electrons. The Hall–Kier alpha value is -3.07. The van der Waals surface area contributed by atoms with E-state index in [2.05, 4.69) is 10.2 Å². The first-order chi connectivity index (χ1) is 17.0. The highest BCUT2D eigenvalue weighted by Gasteiger charge is 2.33. The Morgan fingerprint density at radius 1 is 1.06 bits per heavy atom. The predicted octanol–water partition coefficient (Wildman–Crippen LogP) is 4.80. The summed E-state index contributed by atoms with van der Waals surface area (Å²) in [5, 5.41) is 2.62. The fourth-order valence-corrected chi connectivity index (χ4v) is 5.03. The first-order valence-electron chi connectivity index (χ1n) is 12.5. The lowest BCUT2D eigenvalue weighted by Gasteiger charge is -2.26. The molecule has 2 amide bonds. The number of hydrogen-bond donors (Lipinski definition) is 1. The summed E-state index contributed by atoms with van der Waals surface area (Å²) in [6, 6.07) is 11.6. The zero-order valence-corrected chi connectivity index (χ0v) is 22.6. The molecule has 36 heavy (non-hydrogen) atoms. The van der Waals surface area contributed by atoms with Crippen LogP contribution in [-0.2, 0) is 26.3 Å². The summed E-state index contributed by atoms with van der Waals surface area (Å²) in [5.74, 6) is 0.281. The molecule has 0 bridgehead atoms. The van der Waals surface area contributed by atoms with Crippen LogP contribution in [0.3, 0.4) is 0 Å². The second kappa shape index (κ2) is 11.8. The molecule has 8 nitrogen and oxygen atoms in total. The topological polar surface area (TPSA) is 96.0 Å². The number of rotatable bonds is 12. The van der Waals surface area contributed by atoms with Crippen molar-refractivity contribution in [3.8, 4) is 5.75 Å². The number of nitrogens with zero attached hydrogens (tertiary/aromatic N) is 2. The second-order valence-corrected chi connectivity index (χ2v) is 11.1. The van der Waals surface area contributed by atoms with E-state index in [0.717, 1.165) is 31.6 Å². The minimum absolute atomic E-state index is 0.0225. The van der Waals surface area contributed by atoms with Crippen LogP contribution in [0.4, 0.5) is 11.4 Å². The molecular formula is C27H37N3O5S. The van der Waals surface area contributed by atoms with Crippen LogP contribution >= 0.6 is 0 Å². The van der Waals surface area contributed by atoms with E-state index in [1.807, 2.05) is 44.7 Å². The molecule has 2 aromatic rings. The van der Waals surface area contributed by atoms with Gasteiger partial charge in [-0.05, 0) is 62.9 Å². The monoisotopic (exact) mass is 515 g/mol. The van der Waals surface area contributed by atoms with Gasteiger partial charge in [0.05, 0.1) is 0 Å². The molecule has 0 saturated heterocycles. The van der Waals surface area contributed by atoms with Gasteiger partial charge in [-0.1, -0.05) is 19.9 Å². The Morgan fingerprint density at radius 2 is 1.69 bits per heavy atom. The molecule has 0 heterocycles. The van der Waals surface area contributed by atoms with E-state index >= 15 is 0 Å². The second-order valence-electron chi connectivity index (χ2n) is 9.56. The maximum atomic E-state index is 13.2. The Balaban J connectivity index is 1.94. The van der Waals surface area contributed by atoms with Crippen molar-refractivity contribution in [1.82, 2.24) is 4.90 Å². The van der Waals surface area contributed by atoms with E-state index in [1.54, 1.807) is 6.07 Å². The SMILES string of the molecule is CCN(CC)c1ccc(CN(C(=O)CC(C)C)C2CC2)c(OS(=O)(=O)c2ccc(NC(C)=O)cc2)c1. The van der Waals surface area contributed by atoms with Crippen molar-refractivity contribution in [2.75, 3.05) is 23.3 Å². The molecule has 1 saturated carbocycles. The molecule has 196 valence electrons. The Kier molecular flexibility index (Phi) is 9.00. The largest absolute Gasteiger partial charge is 0.379 e. The van der Waals surface area contributed by atoms with Gasteiger partial charge in [0.1, 0.15) is 10.6 Å². The van der Waals surface area contributed by atoms with Crippen LogP contribution in [0.25, 0.3) is 0 Å². The number of carbonyl (C=O) groups is 2. The van der Waals surface area contributed by atoms with Crippen LogP contribution in [0.15, 0.2) is 47.4 Å². The quantitative estimate of drug-likeness (QED) is 0.408. The lowest BCUT2D eigenvalue weighted by molar-refractivity contribution is -0.133. The molecule has 2 aromatic carbocycles. The summed E-state index contributed by atoms with van der Waals surface area (Å²) in [6.07, 6.45) is 2.36. The fourth-order valence-electron chi connectivity index (χ4n) is 4.07. The van der Waals surface area contributed by atoms with E-state index in [9.17, 15) is 18.0 Å². The van der Waals surface area contributed by atoms with Gasteiger partial charge >= 0.3 is 10.1 Å². The Labute approximate surface area is 214 Å². The lowest BCUT2D eigenvalue weighted by Crippen LogP contribution is -2.33. The summed E-state index contributed by atoms with van der Waals surface area (Å²) < 4.78 is 32.1. The van der Waals surface area contributed by atoms with Crippen LogP contribution in [0.5, 0.6) is 5.75 Å². The van der Waals surface area contributed by atoms with Crippen molar-refractivity contribution in [2.45, 2.75) is 71.4 Å². The van der Waals surface area contributed by atoms with Gasteiger partial charge in [0, 0.05) is 62.0 Å². The average Bonchev–Trinajstić information content (AvgIpc) is 3.64. The third-order valence-electron chi connectivity index (χ3n) is 6.07. The normalized spacial score (nSPS) is 13.4. The molecule has 0 aromatic heterocycles. The molecule has 1 fully saturated rings. The van der Waals surface area contributed by atoms with Crippen molar-refractivity contribution >= 4 is 33.3 Å². The van der Waals surface area contributed by atoms with Crippen molar-refractivity contribution in [1.29, 1.82) is 0 Å². The zero-order chi connectivity index (χ0) is 26.5. The van der Waals surface area contributed by atoms with Gasteiger partial charge in [0.25, 0.3) is 0 Å². The maximum absolute atomic E-state index is 13.2. The summed E-state index contributed by atoms with van der Waals surface area (Å²) in [7, 11) is -4.15. The highest BCUT2D eigenvalue weighted by atomic mass is 32.2. The molecule has 1 N–H and O–H groups in total. The third kappa shape index (κ3) is 7.22. The summed E-state index contributed by atoms with van der Waals surface area (Å²) in [5.41, 5.74) is 1.99. The molecule has 1 aliphatic carbocycles. The molecule has 0 atom stereocenters. The number of anilines is 2. The number of nitrogens with one attached hydrogen (secondary N) is 1. The molecule has 3 rings (SSSR count). The van der Waals surface area contributed by atoms with Gasteiger partial charge < -0.3 is 19.3 Å². The van der Waals surface area contributed by atoms with Gasteiger partial charge in [-0.3, -0.25) is 9.59 Å². The molecule has 0 aliphatic heterocycles. The van der Waals surface area contributed by atoms with E-state index in [0.29, 0.717) is 24.2 Å². The highest BCUT2D eigenvalue weighted by Crippen LogP contribution is 2.34. The first kappa shape index (κ1) is 27.5. The Bertz CT molecular complexity index is 1170. The van der Waals surface area contributed by atoms with Crippen LogP contribution in [0, 0.1) is 5.92 Å². The third-order valence-corrected chi connectivity index (χ3v) is 7.32. The molecule has 9 heteroatoms. The van der Waals surface area contributed by atoms with Crippen molar-refractivity contribution in [3.05, 3.63) is 48.0 Å². The van der Waals surface area contributed by atoms with Gasteiger partial charge in [0.2, 0.25) is 11.8 Å². The number of carbonyl (C=O) groups excluding carboxylic acids is 2. The number of hydrogen-bond acceptors (Lipinski definition) is 6. The lowest BCUT2D eigenvalue weighted by atomic mass is 10.1. The highest BCUT2D eigenvalue weighted by molar-refractivity contribution is 7.87. The van der Waals surface area contributed by atoms with E-state index < -0.39 is 10.1 Å². The van der Waals surface area contributed by atoms with E-state index in [4.69, 9.17) is 4.18 Å². The summed E-state index contributed by atoms with van der Waals surface area (Å²) in [4.78, 5) is 28.2. The molecule has 1 aliphatic rings. The fraction of sp³-hybridized carbons (Fsp3) is 0.481. The zero-order valence-electron chi connectivity index (χ0n) is 21.8. The smallest absolute Gasteiger partial charge is 0.339 e. The minimum Gasteiger partial charge on any atom is -0.379 e. The maximum Gasteiger partial charge on any atom is 0.339 e. The average molecular weight is 516 g/mol.